The van der Waals surface area contributed by atoms with E-state index in [4.69, 9.17) is 27.0 Å². The van der Waals surface area contributed by atoms with Crippen LogP contribution in [0, 0.1) is 0 Å². The fraction of sp³-hybridized carbons (Fsp3) is 1.00. The zero-order chi connectivity index (χ0) is 15.8. The van der Waals surface area contributed by atoms with Crippen LogP contribution in [0.4, 0.5) is 0 Å². The fourth-order valence-corrected chi connectivity index (χ4v) is 1.98. The minimum absolute atomic E-state index is 0.430. The van der Waals surface area contributed by atoms with Gasteiger partial charge in [0.15, 0.2) is 0 Å². The molecule has 8 nitrogen and oxygen atoms in total. The number of ether oxygens (including phenoxy) is 2. The second-order valence-electron chi connectivity index (χ2n) is 4.68. The Labute approximate surface area is 133 Å². The lowest BCUT2D eigenvalue weighted by Crippen LogP contribution is -3.45. The molecule has 9 heteroatoms. The van der Waals surface area contributed by atoms with E-state index in [1.165, 1.54) is 7.11 Å². The monoisotopic (exact) mass is 407 g/mol. The summed E-state index contributed by atoms with van der Waals surface area (Å²) in [6.45, 7) is 3.51. The highest BCUT2D eigenvalue weighted by molar-refractivity contribution is 4.71. The first kappa shape index (κ1) is 20.4. The maximum Gasteiger partial charge on any atom is 0.203 e. The number of nitrogens with two attached hydrogens (primary N) is 3. The van der Waals surface area contributed by atoms with Crippen molar-refractivity contribution < 1.29 is 46.8 Å². The van der Waals surface area contributed by atoms with Crippen molar-refractivity contribution in [1.29, 1.82) is 0 Å². The molecule has 0 heterocycles. The van der Waals surface area contributed by atoms with Crippen molar-refractivity contribution in [3.8, 4) is 0 Å². The average Bonchev–Trinajstić information content (AvgIpc) is 2.44. The van der Waals surface area contributed by atoms with Gasteiger partial charge in [0, 0.05) is 13.5 Å². The molecule has 3 atom stereocenters. The summed E-state index contributed by atoms with van der Waals surface area (Å²) in [5.74, 6) is 9.13. The number of aliphatic hydroxyl groups is 1. The first-order valence-corrected chi connectivity index (χ1v) is 7.46. The second kappa shape index (κ2) is 9.43. The molecule has 0 saturated heterocycles. The van der Waals surface area contributed by atoms with Gasteiger partial charge in [0.1, 0.15) is 3.92 Å². The van der Waals surface area contributed by atoms with Crippen molar-refractivity contribution in [2.75, 3.05) is 7.11 Å². The van der Waals surface area contributed by atoms with Crippen molar-refractivity contribution in [2.45, 2.75) is 61.4 Å². The van der Waals surface area contributed by atoms with Crippen LogP contribution < -0.4 is 40.1 Å². The summed E-state index contributed by atoms with van der Waals surface area (Å²) >= 11 is 1.82. The quantitative estimate of drug-likeness (QED) is 0.0915. The van der Waals surface area contributed by atoms with E-state index in [0.29, 0.717) is 25.7 Å². The van der Waals surface area contributed by atoms with Gasteiger partial charge in [-0.1, -0.05) is 6.92 Å². The van der Waals surface area contributed by atoms with Crippen molar-refractivity contribution in [3.63, 3.8) is 0 Å². The molecule has 0 spiro atoms. The van der Waals surface area contributed by atoms with E-state index in [9.17, 15) is 5.11 Å². The molecule has 20 heavy (non-hydrogen) atoms. The van der Waals surface area contributed by atoms with Gasteiger partial charge in [0.25, 0.3) is 0 Å². The number of halogens is 1. The molecular weight excluding hydrogens is 381 g/mol. The van der Waals surface area contributed by atoms with E-state index in [-0.39, 0.29) is 0 Å². The number of alkyl halides is 1. The average molecular weight is 407 g/mol. The smallest absolute Gasteiger partial charge is 0.203 e. The number of aliphatic hydroxyl groups excluding tert-OH is 1. The lowest BCUT2D eigenvalue weighted by molar-refractivity contribution is -0.635. The number of rotatable bonds is 11. The van der Waals surface area contributed by atoms with Gasteiger partial charge in [-0.25, -0.2) is 11.8 Å². The lowest BCUT2D eigenvalue weighted by Gasteiger charge is -2.39. The minimum atomic E-state index is -1.26. The van der Waals surface area contributed by atoms with Gasteiger partial charge in [-0.05, 0) is 26.2 Å². The van der Waals surface area contributed by atoms with Crippen LogP contribution in [-0.4, -0.2) is 34.1 Å². The molecule has 0 aliphatic heterocycles. The van der Waals surface area contributed by atoms with Gasteiger partial charge < -0.3 is 42.9 Å². The molecule has 0 fully saturated rings. The van der Waals surface area contributed by atoms with Crippen molar-refractivity contribution in [1.82, 2.24) is 0 Å². The first-order valence-electron chi connectivity index (χ1n) is 6.38. The van der Waals surface area contributed by atoms with E-state index in [0.717, 1.165) is 0 Å². The summed E-state index contributed by atoms with van der Waals surface area (Å²) in [6, 6.07) is 0. The standard InChI is InChI=1S/C11H26IN3O5/c1-4-9(18-11(12,13)17-3)8(16)6-5-7-10(2,19-14)20-15/h8-9,16H,4-7,13-15H2,1-3H3/q-1. The molecule has 0 amide bonds. The van der Waals surface area contributed by atoms with Gasteiger partial charge in [-0.15, -0.1) is 0 Å². The van der Waals surface area contributed by atoms with E-state index < -0.39 is 21.9 Å². The molecule has 3 unspecified atom stereocenters. The Balaban J connectivity index is 4.26. The molecule has 0 bridgehead atoms. The Morgan fingerprint density at radius 3 is 2.25 bits per heavy atom. The molecule has 7 N–H and O–H groups in total. The third kappa shape index (κ3) is 7.43. The minimum Gasteiger partial charge on any atom is -0.708 e. The van der Waals surface area contributed by atoms with E-state index in [1.807, 2.05) is 29.5 Å². The maximum atomic E-state index is 10.1. The molecule has 0 aromatic heterocycles. The molecule has 123 valence electrons. The summed E-state index contributed by atoms with van der Waals surface area (Å²) in [6.07, 6.45) is 0.989. The largest absolute Gasteiger partial charge is 0.708 e. The Kier molecular flexibility index (Phi) is 9.63. The van der Waals surface area contributed by atoms with Gasteiger partial charge in [0.05, 0.1) is 12.2 Å². The van der Waals surface area contributed by atoms with E-state index in [1.54, 1.807) is 6.92 Å². The predicted octanol–water partition coefficient (Wildman–Crippen LogP) is -3.42. The molecule has 0 rings (SSSR count). The van der Waals surface area contributed by atoms with Crippen LogP contribution in [0.25, 0.3) is 0 Å². The van der Waals surface area contributed by atoms with Gasteiger partial charge in [-0.3, -0.25) is 9.68 Å². The van der Waals surface area contributed by atoms with Crippen molar-refractivity contribution in [2.24, 2.45) is 17.5 Å². The van der Waals surface area contributed by atoms with Crippen molar-refractivity contribution in [3.05, 3.63) is 0 Å². The molecule has 0 aromatic rings. The molecule has 0 aromatic carbocycles. The van der Waals surface area contributed by atoms with Crippen LogP contribution in [0.2, 0.25) is 0 Å². The molecule has 0 saturated carbocycles. The summed E-state index contributed by atoms with van der Waals surface area (Å²) in [5.41, 5.74) is 5.73. The van der Waals surface area contributed by atoms with E-state index >= 15 is 0 Å². The van der Waals surface area contributed by atoms with Gasteiger partial charge >= 0.3 is 0 Å². The fourth-order valence-electron chi connectivity index (χ4n) is 1.65. The summed E-state index contributed by atoms with van der Waals surface area (Å²) < 4.78 is 9.23. The Morgan fingerprint density at radius 1 is 1.30 bits per heavy atom. The third-order valence-electron chi connectivity index (χ3n) is 3.05. The van der Waals surface area contributed by atoms with Crippen molar-refractivity contribution >= 4 is 0 Å². The zero-order valence-corrected chi connectivity index (χ0v) is 14.3. The summed E-state index contributed by atoms with van der Waals surface area (Å²) in [5, 5.41) is 10.1. The lowest BCUT2D eigenvalue weighted by atomic mass is 10.0. The Hall–Kier alpha value is 0.410. The predicted molar refractivity (Wildman–Crippen MR) is 67.9 cm³/mol. The van der Waals surface area contributed by atoms with Crippen LogP contribution in [0.5, 0.6) is 0 Å². The third-order valence-corrected chi connectivity index (χ3v) is 3.75. The number of hydrogen-bond acceptors (Lipinski definition) is 8. The van der Waals surface area contributed by atoms with Crippen LogP contribution in [0.3, 0.4) is 0 Å². The van der Waals surface area contributed by atoms with Crippen LogP contribution >= 0.6 is 0 Å². The second-order valence-corrected chi connectivity index (χ2v) is 6.18. The molecular formula is C11H26IN3O5-. The topological polar surface area (TPSA) is 135 Å². The maximum absolute atomic E-state index is 10.1. The highest BCUT2D eigenvalue weighted by Crippen LogP contribution is 2.19. The first-order chi connectivity index (χ1) is 9.23. The molecule has 0 aliphatic rings. The van der Waals surface area contributed by atoms with Crippen LogP contribution in [0.1, 0.15) is 39.5 Å². The number of methoxy groups -OCH3 is 1. The Morgan fingerprint density at radius 2 is 1.85 bits per heavy atom. The van der Waals surface area contributed by atoms with Gasteiger partial charge in [-0.2, -0.15) is 0 Å². The molecule has 0 aliphatic carbocycles. The highest BCUT2D eigenvalue weighted by Gasteiger charge is 2.27. The molecule has 1 radical (unpaired) electrons. The van der Waals surface area contributed by atoms with Crippen LogP contribution in [0.15, 0.2) is 0 Å². The summed E-state index contributed by atoms with van der Waals surface area (Å²) in [7, 11) is 1.44. The van der Waals surface area contributed by atoms with E-state index in [2.05, 4.69) is 9.68 Å². The highest BCUT2D eigenvalue weighted by atomic mass is 127. The van der Waals surface area contributed by atoms with Gasteiger partial charge in [0.2, 0.25) is 5.79 Å². The zero-order valence-electron chi connectivity index (χ0n) is 12.2. The number of hydrogen-bond donors (Lipinski definition) is 4. The SMILES string of the molecule is CCC(OC(N)([I-])OC)C(O)CCCC(C)(ON)ON. The summed E-state index contributed by atoms with van der Waals surface area (Å²) in [4.78, 5) is 9.30. The van der Waals surface area contributed by atoms with Crippen LogP contribution in [-0.2, 0) is 19.1 Å². The Bertz CT molecular complexity index is 266. The normalized spacial score (nSPS) is 18.6.